The summed E-state index contributed by atoms with van der Waals surface area (Å²) in [5.74, 6) is 0. The predicted molar refractivity (Wildman–Crippen MR) is 86.5 cm³/mol. The van der Waals surface area contributed by atoms with E-state index < -0.39 is 16.1 Å². The SMILES string of the molecule is Cc1cccc(S(=O)(=O)N2CCC(O)c3cc(C)ccc32)c1. The van der Waals surface area contributed by atoms with Crippen molar-refractivity contribution in [3.8, 4) is 0 Å². The van der Waals surface area contributed by atoms with Gasteiger partial charge in [-0.3, -0.25) is 4.31 Å². The van der Waals surface area contributed by atoms with Crippen molar-refractivity contribution in [1.29, 1.82) is 0 Å². The molecule has 0 spiro atoms. The van der Waals surface area contributed by atoms with E-state index in [2.05, 4.69) is 0 Å². The van der Waals surface area contributed by atoms with Crippen molar-refractivity contribution in [2.45, 2.75) is 31.3 Å². The number of aliphatic hydroxyl groups is 1. The Balaban J connectivity index is 2.12. The van der Waals surface area contributed by atoms with Gasteiger partial charge >= 0.3 is 0 Å². The third-order valence-corrected chi connectivity index (χ3v) is 5.80. The Hall–Kier alpha value is -1.85. The molecule has 0 amide bonds. The maximum absolute atomic E-state index is 12.9. The largest absolute Gasteiger partial charge is 0.388 e. The number of hydrogen-bond donors (Lipinski definition) is 1. The van der Waals surface area contributed by atoms with Gasteiger partial charge in [0.2, 0.25) is 0 Å². The van der Waals surface area contributed by atoms with Crippen LogP contribution in [0.3, 0.4) is 0 Å². The second-order valence-corrected chi connectivity index (χ2v) is 7.62. The summed E-state index contributed by atoms with van der Waals surface area (Å²) in [7, 11) is -3.61. The number of sulfonamides is 1. The molecule has 0 saturated heterocycles. The van der Waals surface area contributed by atoms with Gasteiger partial charge in [-0.2, -0.15) is 0 Å². The van der Waals surface area contributed by atoms with Gasteiger partial charge in [0, 0.05) is 12.1 Å². The Morgan fingerprint density at radius 1 is 1.09 bits per heavy atom. The van der Waals surface area contributed by atoms with Crippen molar-refractivity contribution in [3.05, 3.63) is 59.2 Å². The topological polar surface area (TPSA) is 57.6 Å². The van der Waals surface area contributed by atoms with Crippen LogP contribution in [0.4, 0.5) is 5.69 Å². The standard InChI is InChI=1S/C17H19NO3S/c1-12-4-3-5-14(10-12)22(20,21)18-9-8-17(19)15-11-13(2)6-7-16(15)18/h3-7,10-11,17,19H,8-9H2,1-2H3. The summed E-state index contributed by atoms with van der Waals surface area (Å²) in [6, 6.07) is 12.4. The Labute approximate surface area is 131 Å². The molecule has 0 fully saturated rings. The molecular formula is C17H19NO3S. The van der Waals surface area contributed by atoms with Gasteiger partial charge in [0.05, 0.1) is 16.7 Å². The van der Waals surface area contributed by atoms with E-state index in [1.54, 1.807) is 24.3 Å². The molecule has 22 heavy (non-hydrogen) atoms. The third kappa shape index (κ3) is 2.51. The third-order valence-electron chi connectivity index (χ3n) is 3.99. The highest BCUT2D eigenvalue weighted by Crippen LogP contribution is 2.37. The van der Waals surface area contributed by atoms with Crippen molar-refractivity contribution in [1.82, 2.24) is 0 Å². The lowest BCUT2D eigenvalue weighted by atomic mass is 9.99. The molecule has 1 atom stereocenters. The quantitative estimate of drug-likeness (QED) is 0.926. The fourth-order valence-corrected chi connectivity index (χ4v) is 4.45. The first-order chi connectivity index (χ1) is 10.4. The zero-order chi connectivity index (χ0) is 15.9. The molecule has 4 nitrogen and oxygen atoms in total. The van der Waals surface area contributed by atoms with Crippen LogP contribution in [0.25, 0.3) is 0 Å². The second-order valence-electron chi connectivity index (χ2n) is 5.76. The van der Waals surface area contributed by atoms with Crippen molar-refractivity contribution in [2.75, 3.05) is 10.8 Å². The van der Waals surface area contributed by atoms with Gasteiger partial charge in [0.15, 0.2) is 0 Å². The van der Waals surface area contributed by atoms with Crippen molar-refractivity contribution >= 4 is 15.7 Å². The minimum atomic E-state index is -3.61. The average Bonchev–Trinajstić information content (AvgIpc) is 2.48. The molecule has 0 aromatic heterocycles. The van der Waals surface area contributed by atoms with Crippen LogP contribution in [-0.2, 0) is 10.0 Å². The highest BCUT2D eigenvalue weighted by Gasteiger charge is 2.32. The molecule has 0 saturated carbocycles. The molecule has 2 aromatic rings. The number of aliphatic hydroxyl groups excluding tert-OH is 1. The van der Waals surface area contributed by atoms with E-state index in [4.69, 9.17) is 0 Å². The van der Waals surface area contributed by atoms with Crippen LogP contribution in [0, 0.1) is 13.8 Å². The van der Waals surface area contributed by atoms with Gasteiger partial charge in [-0.15, -0.1) is 0 Å². The number of anilines is 1. The van der Waals surface area contributed by atoms with Gasteiger partial charge in [0.25, 0.3) is 10.0 Å². The first kappa shape index (κ1) is 15.1. The minimum Gasteiger partial charge on any atom is -0.388 e. The molecule has 0 aliphatic carbocycles. The van der Waals surface area contributed by atoms with Crippen LogP contribution in [0.2, 0.25) is 0 Å². The van der Waals surface area contributed by atoms with Crippen molar-refractivity contribution < 1.29 is 13.5 Å². The van der Waals surface area contributed by atoms with Gasteiger partial charge in [-0.25, -0.2) is 8.42 Å². The van der Waals surface area contributed by atoms with Crippen molar-refractivity contribution in [2.24, 2.45) is 0 Å². The zero-order valence-corrected chi connectivity index (χ0v) is 13.5. The molecule has 0 radical (unpaired) electrons. The number of hydrogen-bond acceptors (Lipinski definition) is 3. The van der Waals surface area contributed by atoms with Gasteiger partial charge in [-0.05, 0) is 44.0 Å². The minimum absolute atomic E-state index is 0.285. The smallest absolute Gasteiger partial charge is 0.264 e. The Morgan fingerprint density at radius 2 is 1.82 bits per heavy atom. The molecule has 1 aliphatic heterocycles. The Bertz CT molecular complexity index is 814. The lowest BCUT2D eigenvalue weighted by Crippen LogP contribution is -2.36. The maximum atomic E-state index is 12.9. The summed E-state index contributed by atoms with van der Waals surface area (Å²) in [5, 5.41) is 10.2. The molecule has 3 rings (SSSR count). The van der Waals surface area contributed by atoms with Crippen LogP contribution in [0.5, 0.6) is 0 Å². The summed E-state index contributed by atoms with van der Waals surface area (Å²) in [6.07, 6.45) is -0.208. The summed E-state index contributed by atoms with van der Waals surface area (Å²) >= 11 is 0. The fourth-order valence-electron chi connectivity index (χ4n) is 2.84. The van der Waals surface area contributed by atoms with E-state index in [-0.39, 0.29) is 11.4 Å². The lowest BCUT2D eigenvalue weighted by Gasteiger charge is -2.33. The highest BCUT2D eigenvalue weighted by molar-refractivity contribution is 7.92. The molecule has 0 bridgehead atoms. The lowest BCUT2D eigenvalue weighted by molar-refractivity contribution is 0.166. The molecule has 1 aliphatic rings. The summed E-state index contributed by atoms with van der Waals surface area (Å²) in [4.78, 5) is 0.287. The normalized spacial score (nSPS) is 18.1. The number of rotatable bonds is 2. The van der Waals surface area contributed by atoms with E-state index >= 15 is 0 Å². The number of fused-ring (bicyclic) bond motifs is 1. The second kappa shape index (κ2) is 5.41. The van der Waals surface area contributed by atoms with E-state index in [9.17, 15) is 13.5 Å². The molecule has 1 N–H and O–H groups in total. The van der Waals surface area contributed by atoms with Gasteiger partial charge < -0.3 is 5.11 Å². The van der Waals surface area contributed by atoms with Crippen molar-refractivity contribution in [3.63, 3.8) is 0 Å². The summed E-state index contributed by atoms with van der Waals surface area (Å²) < 4.78 is 27.3. The van der Waals surface area contributed by atoms with Crippen LogP contribution < -0.4 is 4.31 Å². The first-order valence-electron chi connectivity index (χ1n) is 7.27. The number of aryl methyl sites for hydroxylation is 2. The van der Waals surface area contributed by atoms with E-state index in [1.165, 1.54) is 4.31 Å². The van der Waals surface area contributed by atoms with Gasteiger partial charge in [0.1, 0.15) is 0 Å². The van der Waals surface area contributed by atoms with E-state index in [0.717, 1.165) is 11.1 Å². The predicted octanol–water partition coefficient (Wildman–Crippen LogP) is 2.94. The van der Waals surface area contributed by atoms with Crippen LogP contribution >= 0.6 is 0 Å². The number of nitrogens with zero attached hydrogens (tertiary/aromatic N) is 1. The first-order valence-corrected chi connectivity index (χ1v) is 8.71. The highest BCUT2D eigenvalue weighted by atomic mass is 32.2. The van der Waals surface area contributed by atoms with Crippen LogP contribution in [-0.4, -0.2) is 20.1 Å². The van der Waals surface area contributed by atoms with Crippen LogP contribution in [0.15, 0.2) is 47.4 Å². The molecular weight excluding hydrogens is 298 g/mol. The molecule has 1 unspecified atom stereocenters. The maximum Gasteiger partial charge on any atom is 0.264 e. The molecule has 116 valence electrons. The Morgan fingerprint density at radius 3 is 2.55 bits per heavy atom. The molecule has 5 heteroatoms. The fraction of sp³-hybridized carbons (Fsp3) is 0.294. The Kier molecular flexibility index (Phi) is 3.70. The summed E-state index contributed by atoms with van der Waals surface area (Å²) in [6.45, 7) is 4.09. The zero-order valence-electron chi connectivity index (χ0n) is 12.7. The number of benzene rings is 2. The van der Waals surface area contributed by atoms with Gasteiger partial charge in [-0.1, -0.05) is 29.8 Å². The molecule has 2 aromatic carbocycles. The molecule has 1 heterocycles. The average molecular weight is 317 g/mol. The van der Waals surface area contributed by atoms with E-state index in [1.807, 2.05) is 32.0 Å². The monoisotopic (exact) mass is 317 g/mol. The van der Waals surface area contributed by atoms with E-state index in [0.29, 0.717) is 17.7 Å². The van der Waals surface area contributed by atoms with Crippen LogP contribution in [0.1, 0.15) is 29.2 Å². The summed E-state index contributed by atoms with van der Waals surface area (Å²) in [5.41, 5.74) is 3.17.